The van der Waals surface area contributed by atoms with Crippen molar-refractivity contribution in [1.29, 1.82) is 0 Å². The van der Waals surface area contributed by atoms with E-state index in [-0.39, 0.29) is 6.04 Å². The number of benzene rings is 1. The number of aliphatic hydroxyl groups is 1. The number of aliphatic imine (C=N–C) groups is 1. The molecule has 3 aliphatic rings. The van der Waals surface area contributed by atoms with Gasteiger partial charge in [0.25, 0.3) is 0 Å². The van der Waals surface area contributed by atoms with Crippen LogP contribution < -0.4 is 0 Å². The summed E-state index contributed by atoms with van der Waals surface area (Å²) in [4.78, 5) is 19.0. The zero-order valence-corrected chi connectivity index (χ0v) is 16.5. The van der Waals surface area contributed by atoms with E-state index in [1.807, 2.05) is 6.07 Å². The molecule has 4 atom stereocenters. The van der Waals surface area contributed by atoms with Crippen molar-refractivity contribution >= 4 is 11.9 Å². The molecule has 4 unspecified atom stereocenters. The third kappa shape index (κ3) is 4.08. The van der Waals surface area contributed by atoms with Crippen LogP contribution in [-0.4, -0.2) is 67.4 Å². The van der Waals surface area contributed by atoms with Gasteiger partial charge in [-0.05, 0) is 43.4 Å². The average Bonchev–Trinajstić information content (AvgIpc) is 3.23. The fourth-order valence-corrected chi connectivity index (χ4v) is 4.92. The van der Waals surface area contributed by atoms with Gasteiger partial charge in [-0.15, -0.1) is 0 Å². The SMILES string of the molecule is COC(=O)c1ccccc1C1=NC(C(O)CN2CCC3CCCCC3C2)CO1. The molecule has 0 bridgehead atoms. The van der Waals surface area contributed by atoms with Crippen LogP contribution in [0.25, 0.3) is 0 Å². The molecule has 28 heavy (non-hydrogen) atoms. The first-order chi connectivity index (χ1) is 13.7. The van der Waals surface area contributed by atoms with Crippen LogP contribution in [0, 0.1) is 11.8 Å². The second-order valence-electron chi connectivity index (χ2n) is 8.27. The van der Waals surface area contributed by atoms with E-state index >= 15 is 0 Å². The maximum absolute atomic E-state index is 12.0. The number of piperidine rings is 1. The Morgan fingerprint density at radius 2 is 2.07 bits per heavy atom. The summed E-state index contributed by atoms with van der Waals surface area (Å²) in [7, 11) is 1.36. The quantitative estimate of drug-likeness (QED) is 0.788. The Kier molecular flexibility index (Phi) is 5.97. The molecule has 1 saturated heterocycles. The van der Waals surface area contributed by atoms with E-state index in [1.54, 1.807) is 18.2 Å². The number of fused-ring (bicyclic) bond motifs is 1. The first-order valence-corrected chi connectivity index (χ1v) is 10.4. The van der Waals surface area contributed by atoms with E-state index in [2.05, 4.69) is 9.89 Å². The first-order valence-electron chi connectivity index (χ1n) is 10.4. The molecule has 4 rings (SSSR count). The van der Waals surface area contributed by atoms with E-state index in [0.717, 1.165) is 24.9 Å². The molecule has 1 N–H and O–H groups in total. The molecule has 1 saturated carbocycles. The average molecular weight is 386 g/mol. The van der Waals surface area contributed by atoms with Gasteiger partial charge in [0.15, 0.2) is 0 Å². The number of likely N-dealkylation sites (tertiary alicyclic amines) is 1. The monoisotopic (exact) mass is 386 g/mol. The summed E-state index contributed by atoms with van der Waals surface area (Å²) < 4.78 is 10.6. The summed E-state index contributed by atoms with van der Waals surface area (Å²) in [5.41, 5.74) is 1.05. The van der Waals surface area contributed by atoms with Gasteiger partial charge in [-0.1, -0.05) is 31.4 Å². The van der Waals surface area contributed by atoms with Gasteiger partial charge in [0, 0.05) is 13.1 Å². The van der Waals surface area contributed by atoms with Crippen LogP contribution in [0.2, 0.25) is 0 Å². The first kappa shape index (κ1) is 19.4. The predicted octanol–water partition coefficient (Wildman–Crippen LogP) is 2.49. The van der Waals surface area contributed by atoms with Crippen molar-refractivity contribution in [3.8, 4) is 0 Å². The van der Waals surface area contributed by atoms with Crippen LogP contribution in [0.5, 0.6) is 0 Å². The minimum Gasteiger partial charge on any atom is -0.475 e. The lowest BCUT2D eigenvalue weighted by molar-refractivity contribution is 0.0344. The van der Waals surface area contributed by atoms with Crippen molar-refractivity contribution in [1.82, 2.24) is 4.90 Å². The van der Waals surface area contributed by atoms with E-state index in [1.165, 1.54) is 39.2 Å². The molecule has 1 aliphatic carbocycles. The van der Waals surface area contributed by atoms with Crippen LogP contribution in [0.1, 0.15) is 48.0 Å². The largest absolute Gasteiger partial charge is 0.475 e. The van der Waals surface area contributed by atoms with Crippen molar-refractivity contribution in [3.63, 3.8) is 0 Å². The maximum atomic E-state index is 12.0. The maximum Gasteiger partial charge on any atom is 0.338 e. The van der Waals surface area contributed by atoms with Crippen LogP contribution in [-0.2, 0) is 9.47 Å². The minimum atomic E-state index is -0.567. The number of β-amino-alcohol motifs (C(OH)–C–C–N with tert-alkyl or cyclic N) is 1. The molecule has 1 aromatic rings. The number of ether oxygens (including phenoxy) is 2. The topological polar surface area (TPSA) is 71.4 Å². The summed E-state index contributed by atoms with van der Waals surface area (Å²) in [6.45, 7) is 3.13. The summed E-state index contributed by atoms with van der Waals surface area (Å²) in [5, 5.41) is 10.8. The molecule has 0 amide bonds. The van der Waals surface area contributed by atoms with Crippen molar-refractivity contribution in [2.75, 3.05) is 33.4 Å². The second-order valence-corrected chi connectivity index (χ2v) is 8.27. The Labute approximate surface area is 166 Å². The number of rotatable bonds is 5. The number of carbonyl (C=O) groups excluding carboxylic acids is 1. The molecule has 6 nitrogen and oxygen atoms in total. The van der Waals surface area contributed by atoms with Crippen molar-refractivity contribution in [2.45, 2.75) is 44.2 Å². The number of hydrogen-bond donors (Lipinski definition) is 1. The van der Waals surface area contributed by atoms with Gasteiger partial charge >= 0.3 is 5.97 Å². The number of hydrogen-bond acceptors (Lipinski definition) is 6. The standard InChI is InChI=1S/C22H30N2O4/c1-27-22(26)18-9-5-4-8-17(18)21-23-19(14-28-21)20(25)13-24-11-10-15-6-2-3-7-16(15)12-24/h4-5,8-9,15-16,19-20,25H,2-3,6-7,10-14H2,1H3. The van der Waals surface area contributed by atoms with E-state index in [4.69, 9.17) is 9.47 Å². The summed E-state index contributed by atoms with van der Waals surface area (Å²) in [6, 6.07) is 6.82. The highest BCUT2D eigenvalue weighted by Crippen LogP contribution is 2.36. The lowest BCUT2D eigenvalue weighted by Gasteiger charge is -2.42. The van der Waals surface area contributed by atoms with Gasteiger partial charge in [0.05, 0.1) is 24.3 Å². The number of methoxy groups -OCH3 is 1. The summed E-state index contributed by atoms with van der Waals surface area (Å²) in [5.74, 6) is 1.68. The molecule has 2 heterocycles. The molecule has 2 aliphatic heterocycles. The summed E-state index contributed by atoms with van der Waals surface area (Å²) in [6.07, 6.45) is 6.12. The number of nitrogens with zero attached hydrogens (tertiary/aromatic N) is 2. The van der Waals surface area contributed by atoms with E-state index in [9.17, 15) is 9.90 Å². The van der Waals surface area contributed by atoms with Crippen LogP contribution in [0.4, 0.5) is 0 Å². The zero-order chi connectivity index (χ0) is 19.5. The lowest BCUT2D eigenvalue weighted by Crippen LogP contribution is -2.47. The van der Waals surface area contributed by atoms with Gasteiger partial charge < -0.3 is 19.5 Å². The fraction of sp³-hybridized carbons (Fsp3) is 0.636. The molecule has 0 spiro atoms. The third-order valence-corrected chi connectivity index (χ3v) is 6.50. The zero-order valence-electron chi connectivity index (χ0n) is 16.5. The molecule has 0 aromatic heterocycles. The van der Waals surface area contributed by atoms with Crippen molar-refractivity contribution in [3.05, 3.63) is 35.4 Å². The van der Waals surface area contributed by atoms with Crippen LogP contribution in [0.15, 0.2) is 29.3 Å². The molecule has 6 heteroatoms. The minimum absolute atomic E-state index is 0.301. The highest BCUT2D eigenvalue weighted by atomic mass is 16.5. The normalized spacial score (nSPS) is 28.8. The number of esters is 1. The summed E-state index contributed by atoms with van der Waals surface area (Å²) >= 11 is 0. The van der Waals surface area contributed by atoms with Gasteiger partial charge in [-0.2, -0.15) is 0 Å². The Balaban J connectivity index is 1.39. The molecule has 1 aromatic carbocycles. The van der Waals surface area contributed by atoms with Crippen LogP contribution in [0.3, 0.4) is 0 Å². The second kappa shape index (κ2) is 8.62. The Morgan fingerprint density at radius 1 is 1.29 bits per heavy atom. The Bertz CT molecular complexity index is 735. The fourth-order valence-electron chi connectivity index (χ4n) is 4.92. The molecular formula is C22H30N2O4. The lowest BCUT2D eigenvalue weighted by atomic mass is 9.75. The van der Waals surface area contributed by atoms with Gasteiger partial charge in [-0.3, -0.25) is 0 Å². The van der Waals surface area contributed by atoms with E-state index < -0.39 is 12.1 Å². The number of carbonyl (C=O) groups is 1. The Morgan fingerprint density at radius 3 is 2.89 bits per heavy atom. The molecule has 152 valence electrons. The van der Waals surface area contributed by atoms with Crippen LogP contribution >= 0.6 is 0 Å². The van der Waals surface area contributed by atoms with Gasteiger partial charge in [0.2, 0.25) is 5.90 Å². The Hall–Kier alpha value is -1.92. The van der Waals surface area contributed by atoms with Crippen molar-refractivity contribution in [2.24, 2.45) is 16.8 Å². The number of aliphatic hydroxyl groups excluding tert-OH is 1. The highest BCUT2D eigenvalue weighted by molar-refractivity contribution is 6.05. The van der Waals surface area contributed by atoms with Crippen molar-refractivity contribution < 1.29 is 19.4 Å². The highest BCUT2D eigenvalue weighted by Gasteiger charge is 2.34. The van der Waals surface area contributed by atoms with Gasteiger partial charge in [-0.25, -0.2) is 9.79 Å². The van der Waals surface area contributed by atoms with E-state index in [0.29, 0.717) is 30.2 Å². The van der Waals surface area contributed by atoms with Gasteiger partial charge in [0.1, 0.15) is 12.6 Å². The smallest absolute Gasteiger partial charge is 0.338 e. The predicted molar refractivity (Wildman–Crippen MR) is 107 cm³/mol. The molecular weight excluding hydrogens is 356 g/mol. The molecule has 2 fully saturated rings. The molecule has 0 radical (unpaired) electrons. The third-order valence-electron chi connectivity index (χ3n) is 6.50.